The maximum absolute atomic E-state index is 14.9. The number of nitriles is 1. The molecule has 2 atom stereocenters. The van der Waals surface area contributed by atoms with E-state index in [1.807, 2.05) is 13.0 Å². The summed E-state index contributed by atoms with van der Waals surface area (Å²) in [7, 11) is 1.52. The molecule has 0 saturated carbocycles. The summed E-state index contributed by atoms with van der Waals surface area (Å²) >= 11 is 0. The molecule has 0 spiro atoms. The zero-order valence-electron chi connectivity index (χ0n) is 27.9. The van der Waals surface area contributed by atoms with Gasteiger partial charge in [-0.25, -0.2) is 9.37 Å². The molecule has 1 aliphatic heterocycles. The Labute approximate surface area is 280 Å². The van der Waals surface area contributed by atoms with Crippen LogP contribution < -0.4 is 15.4 Å². The van der Waals surface area contributed by atoms with Crippen molar-refractivity contribution in [3.8, 4) is 11.8 Å². The Bertz CT molecular complexity index is 1740. The molecular weight excluding hydrogens is 615 g/mol. The first-order chi connectivity index (χ1) is 22.9. The fraction of sp³-hybridized carbons (Fsp3) is 0.361. The lowest BCUT2D eigenvalue weighted by Gasteiger charge is -2.40. The van der Waals surface area contributed by atoms with Crippen LogP contribution in [0, 0.1) is 37.9 Å². The van der Waals surface area contributed by atoms with Crippen molar-refractivity contribution in [3.63, 3.8) is 0 Å². The Hall–Kier alpha value is -5.12. The Morgan fingerprint density at radius 2 is 1.88 bits per heavy atom. The third-order valence-corrected chi connectivity index (χ3v) is 8.28. The zero-order chi connectivity index (χ0) is 35.0. The fourth-order valence-electron chi connectivity index (χ4n) is 5.56. The smallest absolute Gasteiger partial charge is 0.257 e. The number of carbonyl (C=O) groups excluding carboxylic acids is 3. The molecule has 1 aromatic heterocycles. The molecule has 3 aromatic rings. The highest BCUT2D eigenvalue weighted by molar-refractivity contribution is 6.07. The van der Waals surface area contributed by atoms with Crippen LogP contribution in [-0.2, 0) is 9.53 Å². The second-order valence-corrected chi connectivity index (χ2v) is 11.8. The van der Waals surface area contributed by atoms with Crippen molar-refractivity contribution >= 4 is 23.5 Å². The summed E-state index contributed by atoms with van der Waals surface area (Å²) in [6, 6.07) is 11.6. The van der Waals surface area contributed by atoms with Crippen molar-refractivity contribution < 1.29 is 28.2 Å². The van der Waals surface area contributed by atoms with Crippen LogP contribution in [0.25, 0.3) is 0 Å². The summed E-state index contributed by atoms with van der Waals surface area (Å²) in [6.45, 7) is 13.1. The molecule has 2 aromatic carbocycles. The molecule has 0 unspecified atom stereocenters. The number of nitrogens with zero attached hydrogens (tertiary/aromatic N) is 4. The maximum Gasteiger partial charge on any atom is 0.257 e. The average molecular weight is 657 g/mol. The van der Waals surface area contributed by atoms with E-state index in [1.165, 1.54) is 31.5 Å². The average Bonchev–Trinajstić information content (AvgIpc) is 3.06. The van der Waals surface area contributed by atoms with Gasteiger partial charge in [0.05, 0.1) is 17.7 Å². The largest absolute Gasteiger partial charge is 0.484 e. The first-order valence-electron chi connectivity index (χ1n) is 15.6. The molecule has 1 fully saturated rings. The Balaban J connectivity index is 1.70. The molecule has 1 saturated heterocycles. The van der Waals surface area contributed by atoms with Crippen LogP contribution in [0.3, 0.4) is 0 Å². The minimum Gasteiger partial charge on any atom is -0.484 e. The summed E-state index contributed by atoms with van der Waals surface area (Å²) in [6.07, 6.45) is 1.97. The van der Waals surface area contributed by atoms with Crippen molar-refractivity contribution in [1.82, 2.24) is 20.1 Å². The lowest BCUT2D eigenvalue weighted by Crippen LogP contribution is -2.54. The number of nitrogens with one attached hydrogen (secondary N) is 2. The number of pyridine rings is 1. The minimum atomic E-state index is -0.705. The van der Waals surface area contributed by atoms with Crippen LogP contribution in [0.4, 0.5) is 10.2 Å². The van der Waals surface area contributed by atoms with E-state index in [-0.39, 0.29) is 53.6 Å². The number of carbonyl (C=O) groups is 3. The number of piperazine rings is 1. The van der Waals surface area contributed by atoms with Gasteiger partial charge >= 0.3 is 0 Å². The Morgan fingerprint density at radius 3 is 2.52 bits per heavy atom. The fourth-order valence-corrected chi connectivity index (χ4v) is 5.56. The second kappa shape index (κ2) is 16.1. The number of aromatic nitrogens is 1. The summed E-state index contributed by atoms with van der Waals surface area (Å²) < 4.78 is 26.6. The predicted molar refractivity (Wildman–Crippen MR) is 179 cm³/mol. The monoisotopic (exact) mass is 656 g/mol. The number of hydrogen-bond donors (Lipinski definition) is 2. The number of anilines is 1. The molecular formula is C36H41FN6O5. The van der Waals surface area contributed by atoms with Gasteiger partial charge < -0.3 is 25.0 Å². The van der Waals surface area contributed by atoms with Gasteiger partial charge in [0.15, 0.2) is 0 Å². The molecule has 3 amide bonds. The van der Waals surface area contributed by atoms with E-state index in [2.05, 4.69) is 27.1 Å². The molecule has 48 heavy (non-hydrogen) atoms. The van der Waals surface area contributed by atoms with Gasteiger partial charge in [-0.3, -0.25) is 19.3 Å². The van der Waals surface area contributed by atoms with Crippen molar-refractivity contribution in [1.29, 1.82) is 5.26 Å². The van der Waals surface area contributed by atoms with Crippen LogP contribution in [0.1, 0.15) is 61.6 Å². The number of methoxy groups -OCH3 is 1. The predicted octanol–water partition coefficient (Wildman–Crippen LogP) is 4.48. The first-order valence-corrected chi connectivity index (χ1v) is 15.6. The maximum atomic E-state index is 14.9. The summed E-state index contributed by atoms with van der Waals surface area (Å²) in [5.41, 5.74) is 2.89. The molecule has 11 nitrogen and oxygen atoms in total. The number of rotatable bonds is 12. The number of aryl methyl sites for hydroxylation is 3. The van der Waals surface area contributed by atoms with E-state index in [4.69, 9.17) is 14.7 Å². The minimum absolute atomic E-state index is 0.0870. The van der Waals surface area contributed by atoms with Crippen molar-refractivity contribution in [3.05, 3.63) is 100 Å². The van der Waals surface area contributed by atoms with Gasteiger partial charge in [-0.2, -0.15) is 5.26 Å². The quantitative estimate of drug-likeness (QED) is 0.215. The van der Waals surface area contributed by atoms with Crippen molar-refractivity contribution in [2.45, 2.75) is 39.8 Å². The van der Waals surface area contributed by atoms with Gasteiger partial charge in [-0.1, -0.05) is 18.7 Å². The first kappa shape index (κ1) is 35.7. The van der Waals surface area contributed by atoms with E-state index < -0.39 is 17.9 Å². The van der Waals surface area contributed by atoms with E-state index >= 15 is 0 Å². The Morgan fingerprint density at radius 1 is 1.10 bits per heavy atom. The molecule has 0 bridgehead atoms. The van der Waals surface area contributed by atoms with E-state index in [1.54, 1.807) is 49.9 Å². The van der Waals surface area contributed by atoms with Gasteiger partial charge in [-0.15, -0.1) is 0 Å². The van der Waals surface area contributed by atoms with Gasteiger partial charge in [0, 0.05) is 57.6 Å². The lowest BCUT2D eigenvalue weighted by molar-refractivity contribution is -0.130. The number of halogens is 1. The van der Waals surface area contributed by atoms with E-state index in [0.717, 1.165) is 0 Å². The van der Waals surface area contributed by atoms with Gasteiger partial charge in [0.25, 0.3) is 11.8 Å². The number of hydrogen-bond acceptors (Lipinski definition) is 8. The number of ether oxygens (including phenoxy) is 2. The van der Waals surface area contributed by atoms with Crippen LogP contribution in [0.5, 0.6) is 5.75 Å². The third-order valence-electron chi connectivity index (χ3n) is 8.28. The molecule has 2 heterocycles. The third kappa shape index (κ3) is 8.61. The summed E-state index contributed by atoms with van der Waals surface area (Å²) in [5, 5.41) is 14.7. The highest BCUT2D eigenvalue weighted by Crippen LogP contribution is 2.31. The molecule has 0 aliphatic carbocycles. The second-order valence-electron chi connectivity index (χ2n) is 11.8. The van der Waals surface area contributed by atoms with Crippen LogP contribution in [0.15, 0.2) is 55.3 Å². The molecule has 12 heteroatoms. The number of benzene rings is 2. The van der Waals surface area contributed by atoms with Gasteiger partial charge in [0.2, 0.25) is 5.91 Å². The lowest BCUT2D eigenvalue weighted by atomic mass is 10.0. The molecule has 1 aliphatic rings. The standard InChI is InChI=1S/C36H41FN6O5/c1-7-33(44)43-12-11-42(20-25(43)5)21-32(27-9-8-22(2)30(37)16-27)48-31-15-23(3)28(17-29(31)35(45)39-10-13-47-6)36(46)41-34-24(4)14-26(18-38)19-40-34/h7-9,14-17,19,25,32H,1,10-13,20-21H2,2-6H3,(H,39,45)(H,40,41,46)/t25-,32-/m1/s1. The molecule has 4 rings (SSSR count). The highest BCUT2D eigenvalue weighted by Gasteiger charge is 2.30. The van der Waals surface area contributed by atoms with Crippen molar-refractivity contribution in [2.75, 3.05) is 51.8 Å². The van der Waals surface area contributed by atoms with Gasteiger partial charge in [-0.05, 0) is 80.3 Å². The SMILES string of the molecule is C=CC(=O)N1CCN(C[C@@H](Oc2cc(C)c(C(=O)Nc3ncc(C#N)cc3C)cc2C(=O)NCCOC)c2ccc(C)c(F)c2)C[C@H]1C. The van der Waals surface area contributed by atoms with Crippen LogP contribution in [-0.4, -0.2) is 85.0 Å². The summed E-state index contributed by atoms with van der Waals surface area (Å²) in [4.78, 5) is 47.5. The summed E-state index contributed by atoms with van der Waals surface area (Å²) in [5.74, 6) is -1.000. The molecule has 0 radical (unpaired) electrons. The molecule has 2 N–H and O–H groups in total. The van der Waals surface area contributed by atoms with E-state index in [0.29, 0.717) is 54.0 Å². The van der Waals surface area contributed by atoms with Crippen molar-refractivity contribution in [2.24, 2.45) is 0 Å². The van der Waals surface area contributed by atoms with Gasteiger partial charge in [0.1, 0.15) is 29.6 Å². The van der Waals surface area contributed by atoms with Crippen LogP contribution in [0.2, 0.25) is 0 Å². The van der Waals surface area contributed by atoms with E-state index in [9.17, 15) is 18.8 Å². The highest BCUT2D eigenvalue weighted by atomic mass is 19.1. The number of amides is 3. The zero-order valence-corrected chi connectivity index (χ0v) is 27.9. The Kier molecular flexibility index (Phi) is 12.0. The van der Waals surface area contributed by atoms with Crippen LogP contribution >= 0.6 is 0 Å². The topological polar surface area (TPSA) is 137 Å². The normalized spacial score (nSPS) is 15.3. The molecule has 252 valence electrons.